The van der Waals surface area contributed by atoms with Crippen molar-refractivity contribution in [3.05, 3.63) is 27.1 Å². The second-order valence-corrected chi connectivity index (χ2v) is 7.87. The monoisotopic (exact) mass is 487 g/mol. The van der Waals surface area contributed by atoms with Crippen LogP contribution >= 0.6 is 27.7 Å². The molecule has 1 fully saturated rings. The molecule has 1 heterocycles. The SMILES string of the molecule is COc1cc(/C=C2/SC(=O)N(CC(=O)OC(C)C)C2=O)cc(Br)c1OCC(=O)O. The fourth-order valence-electron chi connectivity index (χ4n) is 2.31. The number of nitrogens with zero attached hydrogens (tertiary/aromatic N) is 1. The van der Waals surface area contributed by atoms with E-state index in [1.165, 1.54) is 19.3 Å². The van der Waals surface area contributed by atoms with Gasteiger partial charge in [-0.2, -0.15) is 0 Å². The van der Waals surface area contributed by atoms with Crippen LogP contribution in [-0.4, -0.2) is 59.5 Å². The Kier molecular flexibility index (Phi) is 7.68. The van der Waals surface area contributed by atoms with Crippen LogP contribution in [0.25, 0.3) is 6.08 Å². The van der Waals surface area contributed by atoms with Crippen LogP contribution in [0, 0.1) is 0 Å². The van der Waals surface area contributed by atoms with E-state index in [9.17, 15) is 19.2 Å². The molecule has 1 saturated heterocycles. The van der Waals surface area contributed by atoms with E-state index in [0.717, 1.165) is 4.90 Å². The standard InChI is InChI=1S/C18H18BrNO8S/c1-9(2)28-15(23)7-20-17(24)13(29-18(20)25)6-10-4-11(19)16(12(5-10)26-3)27-8-14(21)22/h4-6,9H,7-8H2,1-3H3,(H,21,22)/b13-6+. The van der Waals surface area contributed by atoms with Crippen molar-refractivity contribution < 1.29 is 38.5 Å². The van der Waals surface area contributed by atoms with Crippen LogP contribution in [0.1, 0.15) is 19.4 Å². The number of hydrogen-bond acceptors (Lipinski definition) is 8. The fourth-order valence-corrected chi connectivity index (χ4v) is 3.73. The van der Waals surface area contributed by atoms with Crippen molar-refractivity contribution in [1.82, 2.24) is 4.90 Å². The number of halogens is 1. The highest BCUT2D eigenvalue weighted by Crippen LogP contribution is 2.39. The average Bonchev–Trinajstić information content (AvgIpc) is 2.87. The molecule has 1 aliphatic heterocycles. The van der Waals surface area contributed by atoms with Crippen molar-refractivity contribution in [2.75, 3.05) is 20.3 Å². The number of carbonyl (C=O) groups excluding carboxylic acids is 3. The number of carboxylic acids is 1. The number of esters is 1. The molecule has 0 atom stereocenters. The maximum Gasteiger partial charge on any atom is 0.341 e. The third kappa shape index (κ3) is 5.97. The molecule has 0 radical (unpaired) electrons. The summed E-state index contributed by atoms with van der Waals surface area (Å²) in [5.41, 5.74) is 0.506. The van der Waals surface area contributed by atoms with Gasteiger partial charge in [-0.15, -0.1) is 0 Å². The highest BCUT2D eigenvalue weighted by molar-refractivity contribution is 9.10. The van der Waals surface area contributed by atoms with Gasteiger partial charge in [-0.25, -0.2) is 4.79 Å². The van der Waals surface area contributed by atoms with Gasteiger partial charge in [0.15, 0.2) is 18.1 Å². The quantitative estimate of drug-likeness (QED) is 0.435. The zero-order chi connectivity index (χ0) is 21.7. The van der Waals surface area contributed by atoms with Crippen LogP contribution in [0.2, 0.25) is 0 Å². The van der Waals surface area contributed by atoms with E-state index >= 15 is 0 Å². The van der Waals surface area contributed by atoms with E-state index in [2.05, 4.69) is 15.9 Å². The van der Waals surface area contributed by atoms with Crippen molar-refractivity contribution in [3.63, 3.8) is 0 Å². The van der Waals surface area contributed by atoms with E-state index in [0.29, 0.717) is 21.8 Å². The third-order valence-electron chi connectivity index (χ3n) is 3.42. The Morgan fingerprint density at radius 1 is 1.31 bits per heavy atom. The Bertz CT molecular complexity index is 883. The number of methoxy groups -OCH3 is 1. The first kappa shape index (κ1) is 22.8. The molecule has 0 saturated carbocycles. The van der Waals surface area contributed by atoms with Crippen molar-refractivity contribution in [1.29, 1.82) is 0 Å². The molecule has 1 aromatic rings. The first-order valence-electron chi connectivity index (χ1n) is 8.29. The predicted octanol–water partition coefficient (Wildman–Crippen LogP) is 2.91. The van der Waals surface area contributed by atoms with E-state index in [1.54, 1.807) is 19.9 Å². The van der Waals surface area contributed by atoms with Crippen molar-refractivity contribution in [2.45, 2.75) is 20.0 Å². The Hall–Kier alpha value is -2.53. The third-order valence-corrected chi connectivity index (χ3v) is 4.91. The number of ether oxygens (including phenoxy) is 3. The van der Waals surface area contributed by atoms with Gasteiger partial charge in [0.05, 0.1) is 22.6 Å². The number of imide groups is 1. The number of carbonyl (C=O) groups is 4. The van der Waals surface area contributed by atoms with Crippen molar-refractivity contribution >= 4 is 56.9 Å². The minimum Gasteiger partial charge on any atom is -0.493 e. The Morgan fingerprint density at radius 2 is 2.00 bits per heavy atom. The summed E-state index contributed by atoms with van der Waals surface area (Å²) in [6.07, 6.45) is 1.11. The predicted molar refractivity (Wildman–Crippen MR) is 108 cm³/mol. The highest BCUT2D eigenvalue weighted by Gasteiger charge is 2.36. The molecule has 156 valence electrons. The molecule has 0 aliphatic carbocycles. The molecule has 2 rings (SSSR count). The smallest absolute Gasteiger partial charge is 0.341 e. The number of aliphatic carboxylic acids is 1. The van der Waals surface area contributed by atoms with Gasteiger partial charge in [0, 0.05) is 0 Å². The summed E-state index contributed by atoms with van der Waals surface area (Å²) in [6.45, 7) is 2.32. The molecule has 11 heteroatoms. The van der Waals surface area contributed by atoms with E-state index < -0.39 is 36.2 Å². The molecule has 1 aromatic carbocycles. The van der Waals surface area contributed by atoms with Crippen LogP contribution in [0.4, 0.5) is 4.79 Å². The number of benzene rings is 1. The number of amides is 2. The molecule has 0 bridgehead atoms. The molecule has 0 unspecified atom stereocenters. The topological polar surface area (TPSA) is 119 Å². The highest BCUT2D eigenvalue weighted by atomic mass is 79.9. The Morgan fingerprint density at radius 3 is 2.59 bits per heavy atom. The number of rotatable bonds is 8. The van der Waals surface area contributed by atoms with Gasteiger partial charge in [-0.3, -0.25) is 19.3 Å². The lowest BCUT2D eigenvalue weighted by Gasteiger charge is -2.13. The lowest BCUT2D eigenvalue weighted by atomic mass is 10.2. The molecular formula is C18H18BrNO8S. The van der Waals surface area contributed by atoms with Gasteiger partial charge in [0.25, 0.3) is 11.1 Å². The van der Waals surface area contributed by atoms with Gasteiger partial charge >= 0.3 is 11.9 Å². The summed E-state index contributed by atoms with van der Waals surface area (Å²) in [5.74, 6) is -1.99. The Balaban J connectivity index is 2.24. The van der Waals surface area contributed by atoms with Crippen LogP contribution in [0.15, 0.2) is 21.5 Å². The fraction of sp³-hybridized carbons (Fsp3) is 0.333. The summed E-state index contributed by atoms with van der Waals surface area (Å²) in [4.78, 5) is 48.0. The van der Waals surface area contributed by atoms with Crippen LogP contribution in [0.5, 0.6) is 11.5 Å². The van der Waals surface area contributed by atoms with Crippen LogP contribution in [-0.2, 0) is 19.1 Å². The summed E-state index contributed by atoms with van der Waals surface area (Å²) in [7, 11) is 1.38. The van der Waals surface area contributed by atoms with Gasteiger partial charge < -0.3 is 19.3 Å². The molecule has 9 nitrogen and oxygen atoms in total. The number of thioether (sulfide) groups is 1. The minimum absolute atomic E-state index is 0.125. The molecule has 0 aromatic heterocycles. The Labute approximate surface area is 179 Å². The van der Waals surface area contributed by atoms with Gasteiger partial charge in [0.2, 0.25) is 0 Å². The van der Waals surface area contributed by atoms with E-state index in [-0.39, 0.29) is 22.5 Å². The number of carboxylic acid groups (broad SMARTS) is 1. The normalized spacial score (nSPS) is 15.2. The lowest BCUT2D eigenvalue weighted by molar-refractivity contribution is -0.149. The van der Waals surface area contributed by atoms with E-state index in [1.807, 2.05) is 0 Å². The van der Waals surface area contributed by atoms with Gasteiger partial charge in [0.1, 0.15) is 6.54 Å². The molecule has 0 spiro atoms. The van der Waals surface area contributed by atoms with Crippen LogP contribution in [0.3, 0.4) is 0 Å². The van der Waals surface area contributed by atoms with Gasteiger partial charge in [-0.05, 0) is 65.3 Å². The van der Waals surface area contributed by atoms with Crippen molar-refractivity contribution in [2.24, 2.45) is 0 Å². The van der Waals surface area contributed by atoms with Gasteiger partial charge in [-0.1, -0.05) is 0 Å². The molecule has 29 heavy (non-hydrogen) atoms. The molecule has 1 N–H and O–H groups in total. The second-order valence-electron chi connectivity index (χ2n) is 6.02. The zero-order valence-corrected chi connectivity index (χ0v) is 18.2. The number of hydrogen-bond donors (Lipinski definition) is 1. The molecular weight excluding hydrogens is 470 g/mol. The maximum atomic E-state index is 12.5. The lowest BCUT2D eigenvalue weighted by Crippen LogP contribution is -2.35. The summed E-state index contributed by atoms with van der Waals surface area (Å²) in [6, 6.07) is 3.11. The van der Waals surface area contributed by atoms with E-state index in [4.69, 9.17) is 19.3 Å². The summed E-state index contributed by atoms with van der Waals surface area (Å²) >= 11 is 3.98. The largest absolute Gasteiger partial charge is 0.493 e. The first-order chi connectivity index (χ1) is 13.6. The maximum absolute atomic E-state index is 12.5. The molecule has 2 amide bonds. The average molecular weight is 488 g/mol. The summed E-state index contributed by atoms with van der Waals surface area (Å²) < 4.78 is 15.8. The summed E-state index contributed by atoms with van der Waals surface area (Å²) in [5, 5.41) is 8.19. The zero-order valence-electron chi connectivity index (χ0n) is 15.8. The van der Waals surface area contributed by atoms with Crippen LogP contribution < -0.4 is 9.47 Å². The first-order valence-corrected chi connectivity index (χ1v) is 9.90. The van der Waals surface area contributed by atoms with Crippen molar-refractivity contribution in [3.8, 4) is 11.5 Å². The second kappa shape index (κ2) is 9.79. The minimum atomic E-state index is -1.15. The molecule has 1 aliphatic rings.